The van der Waals surface area contributed by atoms with Gasteiger partial charge in [-0.15, -0.1) is 11.3 Å². The summed E-state index contributed by atoms with van der Waals surface area (Å²) in [5.74, 6) is 0. The van der Waals surface area contributed by atoms with E-state index in [1.807, 2.05) is 0 Å². The Balaban J connectivity index is 1.36. The molecule has 10 rings (SSSR count). The van der Waals surface area contributed by atoms with Crippen molar-refractivity contribution in [1.29, 1.82) is 0 Å². The molecule has 0 fully saturated rings. The minimum atomic E-state index is -0.0185. The van der Waals surface area contributed by atoms with Gasteiger partial charge in [0.25, 0.3) is 6.71 Å². The zero-order valence-corrected chi connectivity index (χ0v) is 44.0. The highest BCUT2D eigenvalue weighted by molar-refractivity contribution is 7.33. The van der Waals surface area contributed by atoms with Crippen LogP contribution in [0.3, 0.4) is 0 Å². The summed E-state index contributed by atoms with van der Waals surface area (Å²) in [5, 5.41) is 1.40. The fraction of sp³-hybridized carbons (Fsp3) is 0.475. The Kier molecular flexibility index (Phi) is 9.53. The lowest BCUT2D eigenvalue weighted by Crippen LogP contribution is -2.61. The van der Waals surface area contributed by atoms with E-state index in [0.717, 1.165) is 0 Å². The third kappa shape index (κ3) is 6.91. The highest BCUT2D eigenvalue weighted by Gasteiger charge is 2.49. The van der Waals surface area contributed by atoms with E-state index in [4.69, 9.17) is 0 Å². The number of rotatable bonds is 2. The Morgan fingerprint density at radius 1 is 0.477 bits per heavy atom. The minimum Gasteiger partial charge on any atom is -0.311 e. The molecule has 2 aliphatic carbocycles. The second kappa shape index (κ2) is 13.9. The second-order valence-electron chi connectivity index (χ2n) is 26.6. The van der Waals surface area contributed by atoms with E-state index in [2.05, 4.69) is 225 Å². The molecule has 0 radical (unpaired) electrons. The number of nitrogens with zero attached hydrogens (tertiary/aromatic N) is 2. The average molecular weight is 879 g/mol. The molecule has 0 saturated heterocycles. The van der Waals surface area contributed by atoms with Crippen LogP contribution in [0.1, 0.15) is 188 Å². The van der Waals surface area contributed by atoms with Crippen LogP contribution in [0.5, 0.6) is 0 Å². The van der Waals surface area contributed by atoms with E-state index in [-0.39, 0.29) is 44.6 Å². The zero-order valence-electron chi connectivity index (χ0n) is 43.2. The van der Waals surface area contributed by atoms with E-state index in [0.29, 0.717) is 0 Å². The van der Waals surface area contributed by atoms with Gasteiger partial charge in [-0.1, -0.05) is 142 Å². The van der Waals surface area contributed by atoms with Crippen LogP contribution in [0.4, 0.5) is 34.1 Å². The van der Waals surface area contributed by atoms with Gasteiger partial charge in [-0.2, -0.15) is 0 Å². The van der Waals surface area contributed by atoms with E-state index >= 15 is 0 Å². The van der Waals surface area contributed by atoms with Crippen LogP contribution in [0, 0.1) is 6.92 Å². The third-order valence-electron chi connectivity index (χ3n) is 16.6. The van der Waals surface area contributed by atoms with Gasteiger partial charge in [0, 0.05) is 43.3 Å². The highest BCUT2D eigenvalue weighted by Crippen LogP contribution is 2.54. The molecule has 4 aliphatic rings. The molecule has 0 saturated carbocycles. The summed E-state index contributed by atoms with van der Waals surface area (Å²) < 4.78 is 2.89. The normalized spacial score (nSPS) is 19.1. The van der Waals surface area contributed by atoms with E-state index in [9.17, 15) is 0 Å². The summed E-state index contributed by atoms with van der Waals surface area (Å²) in [6, 6.07) is 32.8. The maximum atomic E-state index is 2.72. The van der Waals surface area contributed by atoms with Crippen LogP contribution in [0.25, 0.3) is 10.1 Å². The summed E-state index contributed by atoms with van der Waals surface area (Å²) in [6.07, 6.45) is 4.78. The predicted octanol–water partition coefficient (Wildman–Crippen LogP) is 15.9. The predicted molar refractivity (Wildman–Crippen MR) is 287 cm³/mol. The summed E-state index contributed by atoms with van der Waals surface area (Å²) in [4.78, 5) is 5.40. The smallest absolute Gasteiger partial charge is 0.264 e. The summed E-state index contributed by atoms with van der Waals surface area (Å²) in [7, 11) is 0. The number of anilines is 6. The van der Waals surface area contributed by atoms with Gasteiger partial charge in [0.05, 0.1) is 5.69 Å². The number of fused-ring (bicyclic) bond motifs is 8. The van der Waals surface area contributed by atoms with Crippen molar-refractivity contribution < 1.29 is 0 Å². The van der Waals surface area contributed by atoms with Crippen molar-refractivity contribution in [1.82, 2.24) is 0 Å². The quantitative estimate of drug-likeness (QED) is 0.160. The summed E-state index contributed by atoms with van der Waals surface area (Å²) in [5.41, 5.74) is 22.7. The highest BCUT2D eigenvalue weighted by atomic mass is 32.1. The standard InChI is InChI=1S/C61H75BN2S/c1-36-27-49-52-50(28-36)64(40-21-19-37(20-22-40)55(2,3)4)53-42-32-43-46(61(17,18)26-23-58(43,11)12)35-51(42)65-54(53)62(52)47-33-44-45(60(15,16)25-24-59(44,13)14)34-48(47)63(49)41-30-38(56(5,6)7)29-39(31-41)57(8,9)10/h19-22,27-35H,23-26H2,1-18H3. The number of hydrogen-bond donors (Lipinski definition) is 0. The number of hydrogen-bond acceptors (Lipinski definition) is 3. The monoisotopic (exact) mass is 879 g/mol. The second-order valence-corrected chi connectivity index (χ2v) is 27.7. The largest absolute Gasteiger partial charge is 0.311 e. The molecule has 0 N–H and O–H groups in total. The van der Waals surface area contributed by atoms with Crippen molar-refractivity contribution in [3.05, 3.63) is 123 Å². The zero-order chi connectivity index (χ0) is 46.9. The van der Waals surface area contributed by atoms with Crippen LogP contribution in [-0.4, -0.2) is 6.71 Å². The van der Waals surface area contributed by atoms with Crippen molar-refractivity contribution in [2.24, 2.45) is 0 Å². The molecule has 0 amide bonds. The first-order chi connectivity index (χ1) is 30.0. The molecule has 0 atom stereocenters. The summed E-state index contributed by atoms with van der Waals surface area (Å²) in [6.45, 7) is 43.6. The van der Waals surface area contributed by atoms with Crippen LogP contribution in [-0.2, 0) is 37.9 Å². The fourth-order valence-electron chi connectivity index (χ4n) is 12.0. The van der Waals surface area contributed by atoms with E-state index in [1.54, 1.807) is 0 Å². The van der Waals surface area contributed by atoms with Gasteiger partial charge >= 0.3 is 0 Å². The van der Waals surface area contributed by atoms with Gasteiger partial charge < -0.3 is 9.80 Å². The Morgan fingerprint density at radius 2 is 0.938 bits per heavy atom. The molecule has 4 heteroatoms. The van der Waals surface area contributed by atoms with Crippen LogP contribution in [0.2, 0.25) is 0 Å². The molecule has 1 aromatic heterocycles. The fourth-order valence-corrected chi connectivity index (χ4v) is 13.3. The number of benzene rings is 5. The molecule has 0 unspecified atom stereocenters. The molecular formula is C61H75BN2S. The third-order valence-corrected chi connectivity index (χ3v) is 17.9. The van der Waals surface area contributed by atoms with Crippen LogP contribution < -0.4 is 25.5 Å². The van der Waals surface area contributed by atoms with Gasteiger partial charge in [-0.05, 0) is 181 Å². The van der Waals surface area contributed by atoms with Crippen LogP contribution >= 0.6 is 11.3 Å². The number of thiophene rings is 1. The van der Waals surface area contributed by atoms with Gasteiger partial charge in [-0.25, -0.2) is 0 Å². The van der Waals surface area contributed by atoms with E-state index in [1.165, 1.54) is 130 Å². The van der Waals surface area contributed by atoms with Crippen molar-refractivity contribution in [3.8, 4) is 0 Å². The van der Waals surface area contributed by atoms with E-state index < -0.39 is 0 Å². The maximum absolute atomic E-state index is 2.72. The SMILES string of the molecule is Cc1cc2c3c(c1)N(c1ccc(C(C)(C)C)cc1)c1c(sc4cc5c(cc14)C(C)(C)CCC5(C)C)B3c1cc3c(cc1N2c1cc(C(C)(C)C)cc(C(C)(C)C)c1)C(C)(C)CCC3(C)C. The molecule has 3 heterocycles. The molecule has 338 valence electrons. The Labute approximate surface area is 397 Å². The number of aryl methyl sites for hydroxylation is 1. The van der Waals surface area contributed by atoms with Crippen molar-refractivity contribution in [3.63, 3.8) is 0 Å². The summed E-state index contributed by atoms with van der Waals surface area (Å²) >= 11 is 2.07. The van der Waals surface area contributed by atoms with Gasteiger partial charge in [0.1, 0.15) is 0 Å². The molecule has 0 spiro atoms. The minimum absolute atomic E-state index is 0.0185. The van der Waals surface area contributed by atoms with Gasteiger partial charge in [0.15, 0.2) is 0 Å². The molecule has 6 aromatic rings. The van der Waals surface area contributed by atoms with Gasteiger partial charge in [0.2, 0.25) is 0 Å². The van der Waals surface area contributed by atoms with Crippen LogP contribution in [0.15, 0.2) is 78.9 Å². The molecule has 2 aliphatic heterocycles. The molecule has 5 aromatic carbocycles. The lowest BCUT2D eigenvalue weighted by atomic mass is 9.35. The molecule has 65 heavy (non-hydrogen) atoms. The Morgan fingerprint density at radius 3 is 1.45 bits per heavy atom. The Hall–Kier alpha value is -4.28. The van der Waals surface area contributed by atoms with Crippen molar-refractivity contribution in [2.45, 2.75) is 188 Å². The first-order valence-electron chi connectivity index (χ1n) is 24.8. The van der Waals surface area contributed by atoms with Crippen molar-refractivity contribution >= 4 is 78.0 Å². The van der Waals surface area contributed by atoms with Crippen molar-refractivity contribution in [2.75, 3.05) is 9.80 Å². The molecular weight excluding hydrogens is 804 g/mol. The van der Waals surface area contributed by atoms with Gasteiger partial charge in [-0.3, -0.25) is 0 Å². The lowest BCUT2D eigenvalue weighted by Gasteiger charge is -2.47. The molecule has 0 bridgehead atoms. The Bertz CT molecular complexity index is 2920. The first kappa shape index (κ1) is 44.6. The first-order valence-corrected chi connectivity index (χ1v) is 25.6. The molecule has 2 nitrogen and oxygen atoms in total. The average Bonchev–Trinajstić information content (AvgIpc) is 3.57. The lowest BCUT2D eigenvalue weighted by molar-refractivity contribution is 0.332. The topological polar surface area (TPSA) is 6.48 Å². The maximum Gasteiger partial charge on any atom is 0.264 e.